The average molecular weight is 480 g/mol. The van der Waals surface area contributed by atoms with Crippen LogP contribution in [0.1, 0.15) is 44.4 Å². The lowest BCUT2D eigenvalue weighted by Gasteiger charge is -2.47. The molecule has 0 bridgehead atoms. The van der Waals surface area contributed by atoms with E-state index in [0.717, 1.165) is 27.9 Å². The minimum absolute atomic E-state index is 0.234. The van der Waals surface area contributed by atoms with Gasteiger partial charge < -0.3 is 14.8 Å². The van der Waals surface area contributed by atoms with Crippen LogP contribution in [0.5, 0.6) is 0 Å². The third-order valence-corrected chi connectivity index (χ3v) is 11.9. The van der Waals surface area contributed by atoms with E-state index in [2.05, 4.69) is 56.4 Å². The second kappa shape index (κ2) is 9.33. The molecular formula is C27H30ClNO3Si. The monoisotopic (exact) mass is 479 g/mol. The Morgan fingerprint density at radius 1 is 0.970 bits per heavy atom. The topological polar surface area (TPSA) is 58.6 Å². The SMILES string of the molecule is CC(C)(C)[Si](O[C@@H]1c2c(Cl)cccc2CC[C@H]1NC(=O)O)(c1ccccc1)c1ccccc1. The van der Waals surface area contributed by atoms with E-state index < -0.39 is 26.6 Å². The molecule has 172 valence electrons. The van der Waals surface area contributed by atoms with Gasteiger partial charge in [0.05, 0.1) is 12.1 Å². The van der Waals surface area contributed by atoms with Gasteiger partial charge in [0.15, 0.2) is 0 Å². The molecule has 1 amide bonds. The summed E-state index contributed by atoms with van der Waals surface area (Å²) in [5.74, 6) is 0. The highest BCUT2D eigenvalue weighted by atomic mass is 35.5. The first kappa shape index (κ1) is 23.6. The standard InChI is InChI=1S/C27H30ClNO3Si/c1-27(2,3)33(20-12-6-4-7-13-20,21-14-8-5-9-15-21)32-25-23(29-26(30)31)18-17-19-11-10-16-22(28)24(19)25/h4-16,23,25,29H,17-18H2,1-3H3,(H,30,31)/t23-,25+/m1/s1. The molecule has 1 aliphatic carbocycles. The van der Waals surface area contributed by atoms with Gasteiger partial charge in [-0.05, 0) is 39.9 Å². The van der Waals surface area contributed by atoms with Gasteiger partial charge >= 0.3 is 6.09 Å². The smallest absolute Gasteiger partial charge is 0.404 e. The fourth-order valence-corrected chi connectivity index (χ4v) is 10.1. The second-order valence-electron chi connectivity index (χ2n) is 9.61. The lowest BCUT2D eigenvalue weighted by Crippen LogP contribution is -2.68. The summed E-state index contributed by atoms with van der Waals surface area (Å²) in [5.41, 5.74) is 2.02. The Hall–Kier alpha value is -2.60. The average Bonchev–Trinajstić information content (AvgIpc) is 2.78. The molecule has 0 fully saturated rings. The maximum absolute atomic E-state index is 11.7. The molecule has 2 N–H and O–H groups in total. The Morgan fingerprint density at radius 2 is 1.55 bits per heavy atom. The molecule has 0 saturated carbocycles. The zero-order valence-corrected chi connectivity index (χ0v) is 21.0. The molecule has 0 spiro atoms. The highest BCUT2D eigenvalue weighted by Crippen LogP contribution is 2.44. The molecule has 3 aromatic carbocycles. The number of rotatable bonds is 5. The minimum Gasteiger partial charge on any atom is -0.465 e. The van der Waals surface area contributed by atoms with Crippen LogP contribution in [-0.2, 0) is 10.8 Å². The van der Waals surface area contributed by atoms with Crippen molar-refractivity contribution in [2.24, 2.45) is 0 Å². The zero-order valence-electron chi connectivity index (χ0n) is 19.2. The van der Waals surface area contributed by atoms with Crippen LogP contribution in [0.4, 0.5) is 4.79 Å². The number of fused-ring (bicyclic) bond motifs is 1. The quantitative estimate of drug-likeness (QED) is 0.472. The van der Waals surface area contributed by atoms with Gasteiger partial charge in [-0.25, -0.2) is 4.79 Å². The number of carboxylic acid groups (broad SMARTS) is 1. The van der Waals surface area contributed by atoms with Gasteiger partial charge in [-0.2, -0.15) is 0 Å². The van der Waals surface area contributed by atoms with Gasteiger partial charge in [-0.1, -0.05) is 105 Å². The summed E-state index contributed by atoms with van der Waals surface area (Å²) in [6.45, 7) is 6.65. The maximum atomic E-state index is 11.7. The van der Waals surface area contributed by atoms with Crippen molar-refractivity contribution in [2.45, 2.75) is 50.8 Å². The van der Waals surface area contributed by atoms with Crippen LogP contribution in [0.2, 0.25) is 10.1 Å². The summed E-state index contributed by atoms with van der Waals surface area (Å²) in [7, 11) is -2.91. The van der Waals surface area contributed by atoms with Crippen molar-refractivity contribution in [3.05, 3.63) is 95.0 Å². The second-order valence-corrected chi connectivity index (χ2v) is 14.3. The summed E-state index contributed by atoms with van der Waals surface area (Å²) in [4.78, 5) is 11.7. The van der Waals surface area contributed by atoms with E-state index in [4.69, 9.17) is 16.0 Å². The molecule has 3 aromatic rings. The molecule has 4 nitrogen and oxygen atoms in total. The normalized spacial score (nSPS) is 18.4. The number of carbonyl (C=O) groups is 1. The van der Waals surface area contributed by atoms with Crippen LogP contribution in [0.25, 0.3) is 0 Å². The number of hydrogen-bond acceptors (Lipinski definition) is 2. The number of amides is 1. The number of hydrogen-bond donors (Lipinski definition) is 2. The molecule has 0 saturated heterocycles. The highest BCUT2D eigenvalue weighted by molar-refractivity contribution is 6.99. The highest BCUT2D eigenvalue weighted by Gasteiger charge is 2.53. The van der Waals surface area contributed by atoms with Gasteiger partial charge in [-0.15, -0.1) is 0 Å². The number of halogens is 1. The number of aryl methyl sites for hydroxylation is 1. The van der Waals surface area contributed by atoms with Crippen LogP contribution in [0.15, 0.2) is 78.9 Å². The minimum atomic E-state index is -2.91. The van der Waals surface area contributed by atoms with Crippen molar-refractivity contribution in [3.63, 3.8) is 0 Å². The van der Waals surface area contributed by atoms with Crippen LogP contribution >= 0.6 is 11.6 Å². The van der Waals surface area contributed by atoms with Gasteiger partial charge in [-0.3, -0.25) is 0 Å². The number of nitrogens with one attached hydrogen (secondary N) is 1. The number of benzene rings is 3. The predicted octanol–water partition coefficient (Wildman–Crippen LogP) is 5.54. The van der Waals surface area contributed by atoms with Crippen molar-refractivity contribution >= 4 is 36.4 Å². The summed E-state index contributed by atoms with van der Waals surface area (Å²) >= 11 is 6.73. The Bertz CT molecular complexity index is 1080. The Kier molecular flexibility index (Phi) is 6.66. The first-order valence-electron chi connectivity index (χ1n) is 11.3. The van der Waals surface area contributed by atoms with E-state index in [1.54, 1.807) is 0 Å². The Balaban J connectivity index is 1.96. The third-order valence-electron chi connectivity index (χ3n) is 6.55. The summed E-state index contributed by atoms with van der Waals surface area (Å²) in [6.07, 6.45) is -0.138. The lowest BCUT2D eigenvalue weighted by molar-refractivity contribution is 0.120. The lowest BCUT2D eigenvalue weighted by atomic mass is 9.86. The van der Waals surface area contributed by atoms with Crippen molar-refractivity contribution in [3.8, 4) is 0 Å². The summed E-state index contributed by atoms with van der Waals surface area (Å²) in [5, 5.41) is 15.0. The van der Waals surface area contributed by atoms with E-state index in [9.17, 15) is 9.90 Å². The van der Waals surface area contributed by atoms with Gasteiger partial charge in [0.25, 0.3) is 8.32 Å². The molecule has 4 rings (SSSR count). The van der Waals surface area contributed by atoms with Gasteiger partial charge in [0, 0.05) is 10.6 Å². The molecule has 0 aliphatic heterocycles. The van der Waals surface area contributed by atoms with Crippen LogP contribution in [-0.4, -0.2) is 25.6 Å². The molecule has 0 radical (unpaired) electrons. The fraction of sp³-hybridized carbons (Fsp3) is 0.296. The predicted molar refractivity (Wildman–Crippen MR) is 136 cm³/mol. The molecular weight excluding hydrogens is 450 g/mol. The first-order valence-corrected chi connectivity index (χ1v) is 13.6. The molecule has 1 aliphatic rings. The van der Waals surface area contributed by atoms with E-state index in [-0.39, 0.29) is 5.04 Å². The zero-order chi connectivity index (χ0) is 23.6. The Morgan fingerprint density at radius 3 is 2.06 bits per heavy atom. The third kappa shape index (κ3) is 4.45. The molecule has 0 unspecified atom stereocenters. The first-order chi connectivity index (χ1) is 15.7. The molecule has 33 heavy (non-hydrogen) atoms. The van der Waals surface area contributed by atoms with Crippen molar-refractivity contribution in [1.29, 1.82) is 0 Å². The maximum Gasteiger partial charge on any atom is 0.404 e. The Labute approximate surface area is 201 Å². The van der Waals surface area contributed by atoms with Gasteiger partial charge in [0.2, 0.25) is 0 Å². The molecule has 0 heterocycles. The van der Waals surface area contributed by atoms with Gasteiger partial charge in [0.1, 0.15) is 0 Å². The van der Waals surface area contributed by atoms with E-state index >= 15 is 0 Å². The van der Waals surface area contributed by atoms with Crippen molar-refractivity contribution in [1.82, 2.24) is 5.32 Å². The van der Waals surface area contributed by atoms with E-state index in [1.165, 1.54) is 0 Å². The molecule has 0 aromatic heterocycles. The van der Waals surface area contributed by atoms with Crippen molar-refractivity contribution < 1.29 is 14.3 Å². The largest absolute Gasteiger partial charge is 0.465 e. The molecule has 2 atom stereocenters. The van der Waals surface area contributed by atoms with Crippen LogP contribution in [0, 0.1) is 0 Å². The van der Waals surface area contributed by atoms with Crippen LogP contribution < -0.4 is 15.7 Å². The summed E-state index contributed by atoms with van der Waals surface area (Å²) < 4.78 is 7.37. The van der Waals surface area contributed by atoms with Crippen LogP contribution in [0.3, 0.4) is 0 Å². The molecule has 6 heteroatoms. The van der Waals surface area contributed by atoms with E-state index in [0.29, 0.717) is 11.4 Å². The summed E-state index contributed by atoms with van der Waals surface area (Å²) in [6, 6.07) is 26.3. The van der Waals surface area contributed by atoms with Crippen molar-refractivity contribution in [2.75, 3.05) is 0 Å². The van der Waals surface area contributed by atoms with E-state index in [1.807, 2.05) is 48.5 Å². The fourth-order valence-electron chi connectivity index (χ4n) is 5.11.